The average molecular weight is 310 g/mol. The molecule has 1 amide bonds. The number of rotatable bonds is 5. The molecule has 2 aromatic rings. The molecule has 0 atom stereocenters. The largest absolute Gasteiger partial charge is 0.494 e. The minimum atomic E-state index is -0.244. The molecule has 0 saturated carbocycles. The maximum absolute atomic E-state index is 12.1. The summed E-state index contributed by atoms with van der Waals surface area (Å²) in [4.78, 5) is 12.1. The van der Waals surface area contributed by atoms with E-state index in [0.717, 1.165) is 22.4 Å². The van der Waals surface area contributed by atoms with E-state index in [9.17, 15) is 4.79 Å². The first-order valence-corrected chi connectivity index (χ1v) is 7.65. The molecule has 0 saturated heterocycles. The van der Waals surface area contributed by atoms with E-state index in [1.165, 1.54) is 5.56 Å². The maximum atomic E-state index is 12.1. The average Bonchev–Trinajstić information content (AvgIpc) is 2.50. The highest BCUT2D eigenvalue weighted by Crippen LogP contribution is 2.14. The highest BCUT2D eigenvalue weighted by molar-refractivity contribution is 5.95. The molecule has 4 heteroatoms. The van der Waals surface area contributed by atoms with Crippen molar-refractivity contribution in [1.29, 1.82) is 0 Å². The Morgan fingerprint density at radius 1 is 1.13 bits per heavy atom. The van der Waals surface area contributed by atoms with Crippen LogP contribution >= 0.6 is 0 Å². The van der Waals surface area contributed by atoms with Gasteiger partial charge in [0.25, 0.3) is 5.91 Å². The number of hydrogen-bond acceptors (Lipinski definition) is 3. The molecular formula is C19H22N2O2. The number of benzene rings is 2. The van der Waals surface area contributed by atoms with Crippen molar-refractivity contribution in [3.63, 3.8) is 0 Å². The van der Waals surface area contributed by atoms with Crippen molar-refractivity contribution in [3.05, 3.63) is 64.2 Å². The van der Waals surface area contributed by atoms with E-state index in [1.54, 1.807) is 30.5 Å². The third-order valence-electron chi connectivity index (χ3n) is 3.53. The lowest BCUT2D eigenvalue weighted by Crippen LogP contribution is -2.17. The van der Waals surface area contributed by atoms with E-state index in [2.05, 4.69) is 29.6 Å². The van der Waals surface area contributed by atoms with Crippen LogP contribution in [0, 0.1) is 20.8 Å². The zero-order chi connectivity index (χ0) is 16.8. The standard InChI is InChI=1S/C19H22N2O2/c1-5-23-17-8-6-16(7-9-17)19(22)21-20-12-18-14(3)10-13(2)11-15(18)4/h6-12H,5H2,1-4H3,(H,21,22). The first kappa shape index (κ1) is 16.7. The Balaban J connectivity index is 2.04. The molecule has 1 N–H and O–H groups in total. The Morgan fingerprint density at radius 3 is 2.30 bits per heavy atom. The fourth-order valence-electron chi connectivity index (χ4n) is 2.48. The van der Waals surface area contributed by atoms with Crippen LogP contribution in [0.5, 0.6) is 5.75 Å². The molecule has 0 spiro atoms. The van der Waals surface area contributed by atoms with Gasteiger partial charge in [0.05, 0.1) is 12.8 Å². The molecule has 0 unspecified atom stereocenters. The summed E-state index contributed by atoms with van der Waals surface area (Å²) in [6, 6.07) is 11.2. The van der Waals surface area contributed by atoms with Crippen molar-refractivity contribution in [2.75, 3.05) is 6.61 Å². The molecule has 0 fully saturated rings. The van der Waals surface area contributed by atoms with Crippen molar-refractivity contribution >= 4 is 12.1 Å². The molecule has 2 aromatic carbocycles. The molecule has 23 heavy (non-hydrogen) atoms. The quantitative estimate of drug-likeness (QED) is 0.675. The smallest absolute Gasteiger partial charge is 0.271 e. The van der Waals surface area contributed by atoms with E-state index in [4.69, 9.17) is 4.74 Å². The summed E-state index contributed by atoms with van der Waals surface area (Å²) in [6.07, 6.45) is 1.69. The van der Waals surface area contributed by atoms with Gasteiger partial charge in [-0.15, -0.1) is 0 Å². The van der Waals surface area contributed by atoms with Gasteiger partial charge in [-0.3, -0.25) is 4.79 Å². The first-order valence-electron chi connectivity index (χ1n) is 7.65. The number of hydrogen-bond donors (Lipinski definition) is 1. The van der Waals surface area contributed by atoms with Gasteiger partial charge >= 0.3 is 0 Å². The molecule has 0 aliphatic carbocycles. The minimum absolute atomic E-state index is 0.244. The van der Waals surface area contributed by atoms with Gasteiger partial charge in [-0.25, -0.2) is 5.43 Å². The monoisotopic (exact) mass is 310 g/mol. The predicted octanol–water partition coefficient (Wildman–Crippen LogP) is 3.77. The summed E-state index contributed by atoms with van der Waals surface area (Å²) in [5.41, 5.74) is 7.63. The molecule has 4 nitrogen and oxygen atoms in total. The second-order valence-corrected chi connectivity index (χ2v) is 5.47. The summed E-state index contributed by atoms with van der Waals surface area (Å²) in [7, 11) is 0. The maximum Gasteiger partial charge on any atom is 0.271 e. The van der Waals surface area contributed by atoms with Crippen molar-refractivity contribution in [2.45, 2.75) is 27.7 Å². The van der Waals surface area contributed by atoms with Crippen LogP contribution in [0.25, 0.3) is 0 Å². The van der Waals surface area contributed by atoms with Gasteiger partial charge in [0.1, 0.15) is 5.75 Å². The van der Waals surface area contributed by atoms with Crippen molar-refractivity contribution < 1.29 is 9.53 Å². The van der Waals surface area contributed by atoms with Crippen LogP contribution in [0.4, 0.5) is 0 Å². The van der Waals surface area contributed by atoms with E-state index in [1.807, 2.05) is 20.8 Å². The number of aryl methyl sites for hydroxylation is 3. The highest BCUT2D eigenvalue weighted by Gasteiger charge is 2.05. The Hall–Kier alpha value is -2.62. The molecule has 0 aliphatic heterocycles. The molecule has 2 rings (SSSR count). The van der Waals surface area contributed by atoms with E-state index in [0.29, 0.717) is 12.2 Å². The Kier molecular flexibility index (Phi) is 5.52. The van der Waals surface area contributed by atoms with Crippen LogP contribution in [0.2, 0.25) is 0 Å². The third kappa shape index (κ3) is 4.42. The van der Waals surface area contributed by atoms with Crippen molar-refractivity contribution in [1.82, 2.24) is 5.43 Å². The lowest BCUT2D eigenvalue weighted by Gasteiger charge is -2.07. The summed E-state index contributed by atoms with van der Waals surface area (Å²) in [6.45, 7) is 8.66. The minimum Gasteiger partial charge on any atom is -0.494 e. The lowest BCUT2D eigenvalue weighted by atomic mass is 10.0. The fraction of sp³-hybridized carbons (Fsp3) is 0.263. The highest BCUT2D eigenvalue weighted by atomic mass is 16.5. The number of nitrogens with one attached hydrogen (secondary N) is 1. The first-order chi connectivity index (χ1) is 11.0. The Labute approximate surface area is 137 Å². The van der Waals surface area contributed by atoms with Gasteiger partial charge < -0.3 is 4.74 Å². The second kappa shape index (κ2) is 7.58. The number of nitrogens with zero attached hydrogens (tertiary/aromatic N) is 1. The molecule has 0 radical (unpaired) electrons. The SMILES string of the molecule is CCOc1ccc(C(=O)NN=Cc2c(C)cc(C)cc2C)cc1. The van der Waals surface area contributed by atoms with Gasteiger partial charge in [0.15, 0.2) is 0 Å². The summed E-state index contributed by atoms with van der Waals surface area (Å²) >= 11 is 0. The molecular weight excluding hydrogens is 288 g/mol. The Bertz CT molecular complexity index is 696. The van der Waals surface area contributed by atoms with Gasteiger partial charge in [0.2, 0.25) is 0 Å². The number of ether oxygens (including phenoxy) is 1. The van der Waals surface area contributed by atoms with Gasteiger partial charge in [-0.05, 0) is 63.1 Å². The summed E-state index contributed by atoms with van der Waals surface area (Å²) in [5, 5.41) is 4.07. The predicted molar refractivity (Wildman–Crippen MR) is 93.3 cm³/mol. The zero-order valence-corrected chi connectivity index (χ0v) is 14.0. The van der Waals surface area contributed by atoms with E-state index < -0.39 is 0 Å². The van der Waals surface area contributed by atoms with E-state index in [-0.39, 0.29) is 5.91 Å². The molecule has 0 heterocycles. The molecule has 0 bridgehead atoms. The second-order valence-electron chi connectivity index (χ2n) is 5.47. The molecule has 0 aliphatic rings. The van der Waals surface area contributed by atoms with Crippen LogP contribution in [0.3, 0.4) is 0 Å². The van der Waals surface area contributed by atoms with Gasteiger partial charge in [-0.2, -0.15) is 5.10 Å². The topological polar surface area (TPSA) is 50.7 Å². The number of carbonyl (C=O) groups excluding carboxylic acids is 1. The van der Waals surface area contributed by atoms with Crippen LogP contribution in [0.15, 0.2) is 41.5 Å². The summed E-state index contributed by atoms with van der Waals surface area (Å²) in [5.74, 6) is 0.505. The number of carbonyl (C=O) groups is 1. The molecule has 120 valence electrons. The zero-order valence-electron chi connectivity index (χ0n) is 14.0. The third-order valence-corrected chi connectivity index (χ3v) is 3.53. The normalized spacial score (nSPS) is 10.8. The number of hydrazone groups is 1. The van der Waals surface area contributed by atoms with Crippen molar-refractivity contribution in [3.8, 4) is 5.75 Å². The van der Waals surface area contributed by atoms with E-state index >= 15 is 0 Å². The van der Waals surface area contributed by atoms with Crippen LogP contribution < -0.4 is 10.2 Å². The summed E-state index contributed by atoms with van der Waals surface area (Å²) < 4.78 is 5.35. The van der Waals surface area contributed by atoms with Crippen LogP contribution in [0.1, 0.15) is 39.5 Å². The Morgan fingerprint density at radius 2 is 1.74 bits per heavy atom. The molecule has 0 aromatic heterocycles. The van der Waals surface area contributed by atoms with Crippen LogP contribution in [-0.2, 0) is 0 Å². The lowest BCUT2D eigenvalue weighted by molar-refractivity contribution is 0.0955. The van der Waals surface area contributed by atoms with Gasteiger partial charge in [0, 0.05) is 11.1 Å². The fourth-order valence-corrected chi connectivity index (χ4v) is 2.48. The number of amides is 1. The van der Waals surface area contributed by atoms with Crippen LogP contribution in [-0.4, -0.2) is 18.7 Å². The van der Waals surface area contributed by atoms with Gasteiger partial charge in [-0.1, -0.05) is 17.7 Å². The van der Waals surface area contributed by atoms with Crippen molar-refractivity contribution in [2.24, 2.45) is 5.10 Å².